The first-order valence-electron chi connectivity index (χ1n) is 8.21. The molecule has 0 bridgehead atoms. The Morgan fingerprint density at radius 3 is 2.57 bits per heavy atom. The Kier molecular flexibility index (Phi) is 10.2. The molecule has 0 aliphatic rings. The van der Waals surface area contributed by atoms with Crippen LogP contribution >= 0.6 is 0 Å². The highest BCUT2D eigenvalue weighted by Crippen LogP contribution is 2.03. The normalized spacial score (nSPS) is 11.0. The topological polar surface area (TPSA) is 72.5 Å². The van der Waals surface area contributed by atoms with Crippen LogP contribution in [0.2, 0.25) is 0 Å². The maximum Gasteiger partial charge on any atom is 0.219 e. The summed E-state index contributed by atoms with van der Waals surface area (Å²) < 4.78 is 11.1. The molecule has 0 aromatic carbocycles. The van der Waals surface area contributed by atoms with Gasteiger partial charge in [0.25, 0.3) is 0 Å². The Labute approximate surface area is 139 Å². The zero-order chi connectivity index (χ0) is 16.9. The Hall–Kier alpha value is -1.50. The highest BCUT2D eigenvalue weighted by Gasteiger charge is 1.99. The summed E-state index contributed by atoms with van der Waals surface area (Å²) in [5, 5.41) is 6.06. The predicted molar refractivity (Wildman–Crippen MR) is 90.0 cm³/mol. The van der Waals surface area contributed by atoms with Crippen LogP contribution in [0.3, 0.4) is 0 Å². The molecule has 0 unspecified atom stereocenters. The van der Waals surface area contributed by atoms with Gasteiger partial charge < -0.3 is 20.1 Å². The monoisotopic (exact) mass is 323 g/mol. The van der Waals surface area contributed by atoms with Crippen molar-refractivity contribution in [1.82, 2.24) is 15.6 Å². The highest BCUT2D eigenvalue weighted by atomic mass is 16.5. The second kappa shape index (κ2) is 12.0. The van der Waals surface area contributed by atoms with Crippen LogP contribution in [0.5, 0.6) is 0 Å². The molecule has 0 saturated heterocycles. The van der Waals surface area contributed by atoms with E-state index in [1.165, 1.54) is 0 Å². The minimum absolute atomic E-state index is 0.0414. The lowest BCUT2D eigenvalue weighted by atomic mass is 10.2. The van der Waals surface area contributed by atoms with E-state index in [0.29, 0.717) is 45.4 Å². The lowest BCUT2D eigenvalue weighted by Gasteiger charge is -2.09. The number of ether oxygens (including phenoxy) is 2. The Balaban J connectivity index is 2.12. The summed E-state index contributed by atoms with van der Waals surface area (Å²) in [6.07, 6.45) is 2.31. The smallest absolute Gasteiger partial charge is 0.219 e. The standard InChI is InChI=1S/C17H29N3O3/c1-4-17(21)19-8-10-23-13-16-6-5-15(11-20-16)12-22-9-7-18-14(2)3/h5-6,11,14,18H,4,7-10,12-13H2,1-3H3,(H,19,21). The van der Waals surface area contributed by atoms with E-state index in [1.54, 1.807) is 0 Å². The summed E-state index contributed by atoms with van der Waals surface area (Å²) in [4.78, 5) is 15.4. The van der Waals surface area contributed by atoms with E-state index in [2.05, 4.69) is 29.5 Å². The quantitative estimate of drug-likeness (QED) is 0.572. The molecule has 0 fully saturated rings. The van der Waals surface area contributed by atoms with Crippen molar-refractivity contribution >= 4 is 5.91 Å². The minimum atomic E-state index is 0.0414. The molecular weight excluding hydrogens is 294 g/mol. The van der Waals surface area contributed by atoms with Crippen molar-refractivity contribution in [3.63, 3.8) is 0 Å². The van der Waals surface area contributed by atoms with Gasteiger partial charge in [0.2, 0.25) is 5.91 Å². The van der Waals surface area contributed by atoms with Gasteiger partial charge in [-0.1, -0.05) is 26.8 Å². The molecular formula is C17H29N3O3. The van der Waals surface area contributed by atoms with E-state index >= 15 is 0 Å². The van der Waals surface area contributed by atoms with Gasteiger partial charge in [0, 0.05) is 31.7 Å². The lowest BCUT2D eigenvalue weighted by molar-refractivity contribution is -0.121. The van der Waals surface area contributed by atoms with Crippen LogP contribution < -0.4 is 10.6 Å². The molecule has 0 saturated carbocycles. The molecule has 6 nitrogen and oxygen atoms in total. The van der Waals surface area contributed by atoms with Gasteiger partial charge in [0.05, 0.1) is 32.1 Å². The van der Waals surface area contributed by atoms with Crippen molar-refractivity contribution in [2.45, 2.75) is 46.4 Å². The van der Waals surface area contributed by atoms with Crippen molar-refractivity contribution in [3.8, 4) is 0 Å². The first-order valence-corrected chi connectivity index (χ1v) is 8.21. The molecule has 0 spiro atoms. The third-order valence-corrected chi connectivity index (χ3v) is 3.09. The predicted octanol–water partition coefficient (Wildman–Crippen LogP) is 1.64. The summed E-state index contributed by atoms with van der Waals surface area (Å²) in [5.41, 5.74) is 1.92. The third kappa shape index (κ3) is 9.99. The number of hydrogen-bond donors (Lipinski definition) is 2. The summed E-state index contributed by atoms with van der Waals surface area (Å²) in [6.45, 7) is 9.62. The summed E-state index contributed by atoms with van der Waals surface area (Å²) in [5.74, 6) is 0.0414. The number of aromatic nitrogens is 1. The van der Waals surface area contributed by atoms with E-state index in [0.717, 1.165) is 17.8 Å². The number of amides is 1. The molecule has 1 aromatic heterocycles. The number of nitrogens with one attached hydrogen (secondary N) is 2. The average molecular weight is 323 g/mol. The molecule has 23 heavy (non-hydrogen) atoms. The van der Waals surface area contributed by atoms with Crippen LogP contribution in [0.4, 0.5) is 0 Å². The van der Waals surface area contributed by atoms with Crippen LogP contribution in [0.15, 0.2) is 18.3 Å². The number of hydrogen-bond acceptors (Lipinski definition) is 5. The maximum absolute atomic E-state index is 11.0. The van der Waals surface area contributed by atoms with Crippen LogP contribution in [0.25, 0.3) is 0 Å². The SMILES string of the molecule is CCC(=O)NCCOCc1ccc(COCCNC(C)C)cn1. The van der Waals surface area contributed by atoms with Crippen molar-refractivity contribution in [2.24, 2.45) is 0 Å². The molecule has 130 valence electrons. The first kappa shape index (κ1) is 19.5. The zero-order valence-corrected chi connectivity index (χ0v) is 14.4. The van der Waals surface area contributed by atoms with Crippen molar-refractivity contribution in [1.29, 1.82) is 0 Å². The van der Waals surface area contributed by atoms with Gasteiger partial charge in [-0.25, -0.2) is 0 Å². The van der Waals surface area contributed by atoms with Crippen molar-refractivity contribution in [3.05, 3.63) is 29.6 Å². The first-order chi connectivity index (χ1) is 11.1. The largest absolute Gasteiger partial charge is 0.375 e. The van der Waals surface area contributed by atoms with E-state index in [9.17, 15) is 4.79 Å². The van der Waals surface area contributed by atoms with Gasteiger partial charge >= 0.3 is 0 Å². The summed E-state index contributed by atoms with van der Waals surface area (Å²) in [6, 6.07) is 4.42. The van der Waals surface area contributed by atoms with Crippen LogP contribution in [0.1, 0.15) is 38.4 Å². The molecule has 1 amide bonds. The van der Waals surface area contributed by atoms with Crippen molar-refractivity contribution < 1.29 is 14.3 Å². The zero-order valence-electron chi connectivity index (χ0n) is 14.4. The number of rotatable bonds is 12. The van der Waals surface area contributed by atoms with Crippen LogP contribution in [-0.2, 0) is 27.5 Å². The number of carbonyl (C=O) groups is 1. The molecule has 1 aromatic rings. The fourth-order valence-corrected chi connectivity index (χ4v) is 1.80. The van der Waals surface area contributed by atoms with Gasteiger partial charge in [-0.2, -0.15) is 0 Å². The van der Waals surface area contributed by atoms with E-state index < -0.39 is 0 Å². The molecule has 6 heteroatoms. The van der Waals surface area contributed by atoms with Gasteiger partial charge in [-0.3, -0.25) is 9.78 Å². The minimum Gasteiger partial charge on any atom is -0.375 e. The highest BCUT2D eigenvalue weighted by molar-refractivity contribution is 5.75. The van der Waals surface area contributed by atoms with E-state index in [-0.39, 0.29) is 5.91 Å². The second-order valence-electron chi connectivity index (χ2n) is 5.58. The third-order valence-electron chi connectivity index (χ3n) is 3.09. The maximum atomic E-state index is 11.0. The molecule has 0 atom stereocenters. The fraction of sp³-hybridized carbons (Fsp3) is 0.647. The van der Waals surface area contributed by atoms with E-state index in [4.69, 9.17) is 9.47 Å². The number of nitrogens with zero attached hydrogens (tertiary/aromatic N) is 1. The van der Waals surface area contributed by atoms with Gasteiger partial charge in [-0.05, 0) is 11.6 Å². The Morgan fingerprint density at radius 2 is 1.91 bits per heavy atom. The molecule has 1 rings (SSSR count). The number of pyridine rings is 1. The average Bonchev–Trinajstić information content (AvgIpc) is 2.55. The molecule has 2 N–H and O–H groups in total. The summed E-state index contributed by atoms with van der Waals surface area (Å²) in [7, 11) is 0. The molecule has 0 radical (unpaired) electrons. The Morgan fingerprint density at radius 1 is 1.17 bits per heavy atom. The van der Waals surface area contributed by atoms with Gasteiger partial charge in [-0.15, -0.1) is 0 Å². The van der Waals surface area contributed by atoms with Crippen LogP contribution in [0, 0.1) is 0 Å². The van der Waals surface area contributed by atoms with Crippen molar-refractivity contribution in [2.75, 3.05) is 26.3 Å². The summed E-state index contributed by atoms with van der Waals surface area (Å²) >= 11 is 0. The van der Waals surface area contributed by atoms with Crippen LogP contribution in [-0.4, -0.2) is 43.2 Å². The molecule has 1 heterocycles. The molecule has 0 aliphatic heterocycles. The number of carbonyl (C=O) groups excluding carboxylic acids is 1. The van der Waals surface area contributed by atoms with Gasteiger partial charge in [0.1, 0.15) is 0 Å². The molecule has 0 aliphatic carbocycles. The van der Waals surface area contributed by atoms with E-state index in [1.807, 2.05) is 25.3 Å². The Bertz CT molecular complexity index is 435. The lowest BCUT2D eigenvalue weighted by Crippen LogP contribution is -2.26. The fourth-order valence-electron chi connectivity index (χ4n) is 1.80. The van der Waals surface area contributed by atoms with Gasteiger partial charge in [0.15, 0.2) is 0 Å². The second-order valence-corrected chi connectivity index (χ2v) is 5.58.